The van der Waals surface area contributed by atoms with Crippen molar-refractivity contribution >= 4 is 17.8 Å². The molecular weight excluding hydrogens is 340 g/mol. The van der Waals surface area contributed by atoms with Gasteiger partial charge in [-0.25, -0.2) is 4.79 Å². The number of nitrogens with one attached hydrogen (secondary N) is 2. The van der Waals surface area contributed by atoms with Crippen LogP contribution in [0.25, 0.3) is 0 Å². The van der Waals surface area contributed by atoms with Gasteiger partial charge in [-0.1, -0.05) is 12.1 Å². The van der Waals surface area contributed by atoms with Crippen molar-refractivity contribution in [1.82, 2.24) is 10.6 Å². The maximum Gasteiger partial charge on any atom is 0.328 e. The highest BCUT2D eigenvalue weighted by molar-refractivity contribution is 5.91. The number of hydrogen-bond acceptors (Lipinski definition) is 6. The van der Waals surface area contributed by atoms with Crippen molar-refractivity contribution in [3.63, 3.8) is 0 Å². The minimum Gasteiger partial charge on any atom is -0.508 e. The average molecular weight is 360 g/mol. The monoisotopic (exact) mass is 360 g/mol. The van der Waals surface area contributed by atoms with Gasteiger partial charge >= 0.3 is 5.97 Å². The van der Waals surface area contributed by atoms with Gasteiger partial charge in [-0.15, -0.1) is 0 Å². The largest absolute Gasteiger partial charge is 0.508 e. The molecule has 1 heterocycles. The van der Waals surface area contributed by atoms with Crippen LogP contribution in [0.2, 0.25) is 0 Å². The van der Waals surface area contributed by atoms with Crippen molar-refractivity contribution in [3.05, 3.63) is 54.0 Å². The van der Waals surface area contributed by atoms with Crippen LogP contribution in [0.15, 0.2) is 47.1 Å². The number of aromatic hydroxyl groups is 1. The molecule has 1 aromatic heterocycles. The second-order valence-corrected chi connectivity index (χ2v) is 5.50. The van der Waals surface area contributed by atoms with Gasteiger partial charge in [0.25, 0.3) is 5.91 Å². The quantitative estimate of drug-likeness (QED) is 0.605. The molecule has 2 aromatic rings. The predicted molar refractivity (Wildman–Crippen MR) is 91.4 cm³/mol. The Morgan fingerprint density at radius 3 is 2.54 bits per heavy atom. The maximum atomic E-state index is 12.1. The molecule has 2 rings (SSSR count). The van der Waals surface area contributed by atoms with Gasteiger partial charge in [0.1, 0.15) is 11.8 Å². The van der Waals surface area contributed by atoms with Crippen LogP contribution in [-0.4, -0.2) is 42.6 Å². The molecule has 0 aliphatic rings. The van der Waals surface area contributed by atoms with E-state index in [2.05, 4.69) is 10.6 Å². The molecule has 3 N–H and O–H groups in total. The van der Waals surface area contributed by atoms with Crippen molar-refractivity contribution in [1.29, 1.82) is 0 Å². The number of benzene rings is 1. The molecule has 138 valence electrons. The highest BCUT2D eigenvalue weighted by atomic mass is 16.5. The van der Waals surface area contributed by atoms with Crippen molar-refractivity contribution in [2.24, 2.45) is 0 Å². The van der Waals surface area contributed by atoms with Crippen LogP contribution in [0.1, 0.15) is 22.5 Å². The van der Waals surface area contributed by atoms with Gasteiger partial charge in [-0.3, -0.25) is 9.59 Å². The maximum absolute atomic E-state index is 12.1. The first kappa shape index (κ1) is 19.0. The second-order valence-electron chi connectivity index (χ2n) is 5.50. The molecule has 0 fully saturated rings. The fourth-order valence-electron chi connectivity index (χ4n) is 2.25. The van der Waals surface area contributed by atoms with Crippen LogP contribution in [0, 0.1) is 0 Å². The molecule has 8 nitrogen and oxygen atoms in total. The minimum atomic E-state index is -0.863. The lowest BCUT2D eigenvalue weighted by atomic mass is 10.1. The molecule has 0 saturated carbocycles. The molecule has 0 saturated heterocycles. The van der Waals surface area contributed by atoms with Gasteiger partial charge < -0.3 is 24.9 Å². The Hall–Kier alpha value is -3.29. The van der Waals surface area contributed by atoms with Crippen LogP contribution in [0.5, 0.6) is 5.75 Å². The van der Waals surface area contributed by atoms with Crippen molar-refractivity contribution in [3.8, 4) is 5.75 Å². The summed E-state index contributed by atoms with van der Waals surface area (Å²) in [5, 5.41) is 14.4. The van der Waals surface area contributed by atoms with Gasteiger partial charge in [0.2, 0.25) is 5.91 Å². The lowest BCUT2D eigenvalue weighted by molar-refractivity contribution is -0.145. The van der Waals surface area contributed by atoms with E-state index in [4.69, 9.17) is 9.15 Å². The summed E-state index contributed by atoms with van der Waals surface area (Å²) in [7, 11) is 1.24. The van der Waals surface area contributed by atoms with Crippen molar-refractivity contribution < 1.29 is 28.6 Å². The highest BCUT2D eigenvalue weighted by Crippen LogP contribution is 2.12. The average Bonchev–Trinajstić information content (AvgIpc) is 3.17. The Morgan fingerprint density at radius 2 is 1.92 bits per heavy atom. The number of furan rings is 1. The molecule has 0 spiro atoms. The summed E-state index contributed by atoms with van der Waals surface area (Å²) in [5.74, 6) is -1.13. The van der Waals surface area contributed by atoms with E-state index in [0.717, 1.165) is 5.56 Å². The third kappa shape index (κ3) is 5.66. The first-order chi connectivity index (χ1) is 12.5. The molecule has 2 amide bonds. The second kappa shape index (κ2) is 9.26. The Labute approximate surface area is 150 Å². The number of amides is 2. The summed E-state index contributed by atoms with van der Waals surface area (Å²) in [5.41, 5.74) is 0.754. The molecule has 0 aliphatic carbocycles. The summed E-state index contributed by atoms with van der Waals surface area (Å²) in [6.07, 6.45) is 1.60. The molecule has 0 aliphatic heterocycles. The van der Waals surface area contributed by atoms with Crippen LogP contribution in [0.3, 0.4) is 0 Å². The lowest BCUT2D eigenvalue weighted by Crippen LogP contribution is -2.44. The number of ether oxygens (including phenoxy) is 1. The zero-order chi connectivity index (χ0) is 18.9. The first-order valence-corrected chi connectivity index (χ1v) is 7.96. The summed E-state index contributed by atoms with van der Waals surface area (Å²) < 4.78 is 9.66. The van der Waals surface area contributed by atoms with E-state index < -0.39 is 23.8 Å². The number of carbonyl (C=O) groups is 3. The normalized spacial score (nSPS) is 11.4. The number of phenols is 1. The van der Waals surface area contributed by atoms with E-state index in [-0.39, 0.29) is 30.9 Å². The molecule has 0 bridgehead atoms. The third-order valence-corrected chi connectivity index (χ3v) is 3.58. The standard InChI is InChI=1S/C18H20N2O6/c1-25-18(24)14(11-12-4-6-13(21)7-5-12)20-16(22)8-9-19-17(23)15-3-2-10-26-15/h2-7,10,14,21H,8-9,11H2,1H3,(H,19,23)(H,20,22)/t14-/m1/s1. The fourth-order valence-corrected chi connectivity index (χ4v) is 2.25. The predicted octanol–water partition coefficient (Wildman–Crippen LogP) is 1.01. The highest BCUT2D eigenvalue weighted by Gasteiger charge is 2.22. The van der Waals surface area contributed by atoms with Crippen molar-refractivity contribution in [2.45, 2.75) is 18.9 Å². The van der Waals surface area contributed by atoms with E-state index in [1.54, 1.807) is 18.2 Å². The molecule has 0 radical (unpaired) electrons. The fraction of sp³-hybridized carbons (Fsp3) is 0.278. The molecule has 26 heavy (non-hydrogen) atoms. The Balaban J connectivity index is 1.84. The first-order valence-electron chi connectivity index (χ1n) is 7.96. The molecule has 0 unspecified atom stereocenters. The Morgan fingerprint density at radius 1 is 1.19 bits per heavy atom. The van der Waals surface area contributed by atoms with E-state index >= 15 is 0 Å². The Bertz CT molecular complexity index is 740. The van der Waals surface area contributed by atoms with E-state index in [1.165, 1.54) is 31.6 Å². The number of rotatable bonds is 8. The molecular formula is C18H20N2O6. The van der Waals surface area contributed by atoms with Crippen LogP contribution >= 0.6 is 0 Å². The van der Waals surface area contributed by atoms with Gasteiger partial charge in [0, 0.05) is 19.4 Å². The van der Waals surface area contributed by atoms with Crippen LogP contribution in [0.4, 0.5) is 0 Å². The van der Waals surface area contributed by atoms with E-state index in [0.29, 0.717) is 0 Å². The van der Waals surface area contributed by atoms with Gasteiger partial charge in [-0.05, 0) is 29.8 Å². The SMILES string of the molecule is COC(=O)[C@@H](Cc1ccc(O)cc1)NC(=O)CCNC(=O)c1ccco1. The topological polar surface area (TPSA) is 118 Å². The van der Waals surface area contributed by atoms with Crippen LogP contribution < -0.4 is 10.6 Å². The summed E-state index contributed by atoms with van der Waals surface area (Å²) in [4.78, 5) is 35.6. The number of hydrogen-bond donors (Lipinski definition) is 3. The zero-order valence-corrected chi connectivity index (χ0v) is 14.2. The molecule has 1 atom stereocenters. The van der Waals surface area contributed by atoms with Crippen LogP contribution in [-0.2, 0) is 20.7 Å². The van der Waals surface area contributed by atoms with Gasteiger partial charge in [0.15, 0.2) is 5.76 Å². The van der Waals surface area contributed by atoms with E-state index in [1.807, 2.05) is 0 Å². The summed E-state index contributed by atoms with van der Waals surface area (Å²) in [6, 6.07) is 8.54. The number of esters is 1. The van der Waals surface area contributed by atoms with Crippen molar-refractivity contribution in [2.75, 3.05) is 13.7 Å². The summed E-state index contributed by atoms with van der Waals surface area (Å²) >= 11 is 0. The number of phenolic OH excluding ortho intramolecular Hbond substituents is 1. The third-order valence-electron chi connectivity index (χ3n) is 3.58. The minimum absolute atomic E-state index is 0.00444. The zero-order valence-electron chi connectivity index (χ0n) is 14.2. The van der Waals surface area contributed by atoms with Gasteiger partial charge in [0.05, 0.1) is 13.4 Å². The number of carbonyl (C=O) groups excluding carboxylic acids is 3. The van der Waals surface area contributed by atoms with E-state index in [9.17, 15) is 19.5 Å². The molecule has 8 heteroatoms. The number of methoxy groups -OCH3 is 1. The molecule has 1 aromatic carbocycles. The summed E-state index contributed by atoms with van der Waals surface area (Å²) in [6.45, 7) is 0.0957. The smallest absolute Gasteiger partial charge is 0.328 e. The lowest BCUT2D eigenvalue weighted by Gasteiger charge is -2.16. The Kier molecular flexibility index (Phi) is 6.78. The van der Waals surface area contributed by atoms with Gasteiger partial charge in [-0.2, -0.15) is 0 Å².